The third-order valence-electron chi connectivity index (χ3n) is 4.72. The van der Waals surface area contributed by atoms with E-state index in [9.17, 15) is 13.2 Å². The second kappa shape index (κ2) is 7.85. The van der Waals surface area contributed by atoms with Crippen LogP contribution < -0.4 is 5.32 Å². The molecule has 1 saturated heterocycles. The van der Waals surface area contributed by atoms with Crippen molar-refractivity contribution in [3.05, 3.63) is 23.8 Å². The van der Waals surface area contributed by atoms with Crippen LogP contribution in [-0.4, -0.2) is 44.9 Å². The molecule has 1 N–H and O–H groups in total. The molecule has 0 aromatic heterocycles. The molecule has 2 aliphatic rings. The first kappa shape index (κ1) is 18.4. The summed E-state index contributed by atoms with van der Waals surface area (Å²) < 4.78 is 32.5. The average Bonchev–Trinajstić information content (AvgIpc) is 3.42. The van der Waals surface area contributed by atoms with Crippen LogP contribution in [0.15, 0.2) is 23.1 Å². The predicted octanol–water partition coefficient (Wildman–Crippen LogP) is 2.53. The fourth-order valence-corrected chi connectivity index (χ4v) is 4.48. The van der Waals surface area contributed by atoms with Gasteiger partial charge in [-0.25, -0.2) is 8.42 Å². The van der Waals surface area contributed by atoms with Crippen molar-refractivity contribution in [2.45, 2.75) is 43.9 Å². The van der Waals surface area contributed by atoms with Gasteiger partial charge in [0.25, 0.3) is 0 Å². The van der Waals surface area contributed by atoms with E-state index in [1.165, 1.54) is 17.1 Å². The minimum absolute atomic E-state index is 0.000950. The van der Waals surface area contributed by atoms with Crippen LogP contribution in [0.3, 0.4) is 0 Å². The summed E-state index contributed by atoms with van der Waals surface area (Å²) in [7, 11) is -3.51. The van der Waals surface area contributed by atoms with Crippen LogP contribution in [0.1, 0.15) is 37.7 Å². The summed E-state index contributed by atoms with van der Waals surface area (Å²) in [5.74, 6) is 0.351. The van der Waals surface area contributed by atoms with Crippen molar-refractivity contribution in [2.75, 3.05) is 31.6 Å². The molecule has 1 amide bonds. The van der Waals surface area contributed by atoms with Crippen LogP contribution in [0.5, 0.6) is 0 Å². The van der Waals surface area contributed by atoms with Crippen molar-refractivity contribution >= 4 is 21.6 Å². The van der Waals surface area contributed by atoms with Gasteiger partial charge in [-0.2, -0.15) is 4.31 Å². The molecule has 7 heteroatoms. The Morgan fingerprint density at radius 3 is 2.64 bits per heavy atom. The summed E-state index contributed by atoms with van der Waals surface area (Å²) in [6.45, 7) is 3.59. The third-order valence-corrected chi connectivity index (χ3v) is 6.61. The Labute approximate surface area is 149 Å². The second-order valence-electron chi connectivity index (χ2n) is 6.95. The van der Waals surface area contributed by atoms with Crippen molar-refractivity contribution in [1.82, 2.24) is 4.31 Å². The van der Waals surface area contributed by atoms with Crippen molar-refractivity contribution in [3.63, 3.8) is 0 Å². The molecule has 0 spiro atoms. The number of nitrogens with zero attached hydrogens (tertiary/aromatic N) is 1. The highest BCUT2D eigenvalue weighted by molar-refractivity contribution is 7.89. The second-order valence-corrected chi connectivity index (χ2v) is 8.89. The van der Waals surface area contributed by atoms with Gasteiger partial charge in [-0.05, 0) is 56.2 Å². The van der Waals surface area contributed by atoms with E-state index in [1.807, 2.05) is 6.92 Å². The number of piperidine rings is 1. The fraction of sp³-hybridized carbons (Fsp3) is 0.611. The minimum Gasteiger partial charge on any atom is -0.371 e. The topological polar surface area (TPSA) is 75.7 Å². The average molecular weight is 366 g/mol. The lowest BCUT2D eigenvalue weighted by Gasteiger charge is -2.26. The number of aryl methyl sites for hydroxylation is 1. The monoisotopic (exact) mass is 366 g/mol. The fourth-order valence-electron chi connectivity index (χ4n) is 2.94. The van der Waals surface area contributed by atoms with Gasteiger partial charge in [-0.15, -0.1) is 0 Å². The minimum atomic E-state index is -3.51. The Hall–Kier alpha value is -1.44. The number of ether oxygens (including phenoxy) is 1. The van der Waals surface area contributed by atoms with Gasteiger partial charge >= 0.3 is 0 Å². The SMILES string of the molecule is Cc1ccc(S(=O)(=O)N2CCCCC2)cc1NC(=O)COCC1CC1. The van der Waals surface area contributed by atoms with E-state index >= 15 is 0 Å². The molecule has 0 atom stereocenters. The molecule has 1 aliphatic carbocycles. The number of hydrogen-bond donors (Lipinski definition) is 1. The summed E-state index contributed by atoms with van der Waals surface area (Å²) >= 11 is 0. The van der Waals surface area contributed by atoms with Gasteiger partial charge in [0.05, 0.1) is 11.5 Å². The summed E-state index contributed by atoms with van der Waals surface area (Å²) in [4.78, 5) is 12.3. The Kier molecular flexibility index (Phi) is 5.76. The quantitative estimate of drug-likeness (QED) is 0.805. The molecule has 2 fully saturated rings. The van der Waals surface area contributed by atoms with Gasteiger partial charge in [0.2, 0.25) is 15.9 Å². The molecule has 0 radical (unpaired) electrons. The zero-order valence-electron chi connectivity index (χ0n) is 14.7. The molecule has 1 aliphatic heterocycles. The van der Waals surface area contributed by atoms with Crippen molar-refractivity contribution < 1.29 is 17.9 Å². The number of amides is 1. The smallest absolute Gasteiger partial charge is 0.250 e. The van der Waals surface area contributed by atoms with Crippen LogP contribution in [0.2, 0.25) is 0 Å². The van der Waals surface area contributed by atoms with E-state index in [0.29, 0.717) is 31.3 Å². The van der Waals surface area contributed by atoms with E-state index in [-0.39, 0.29) is 17.4 Å². The largest absolute Gasteiger partial charge is 0.371 e. The molecule has 25 heavy (non-hydrogen) atoms. The third kappa shape index (κ3) is 4.80. The molecule has 0 bridgehead atoms. The van der Waals surface area contributed by atoms with Crippen LogP contribution in [0.25, 0.3) is 0 Å². The molecule has 0 unspecified atom stereocenters. The van der Waals surface area contributed by atoms with Crippen LogP contribution in [0.4, 0.5) is 5.69 Å². The maximum absolute atomic E-state index is 12.8. The van der Waals surface area contributed by atoms with Gasteiger partial charge in [0.15, 0.2) is 0 Å². The zero-order chi connectivity index (χ0) is 17.9. The maximum Gasteiger partial charge on any atom is 0.250 e. The lowest BCUT2D eigenvalue weighted by molar-refractivity contribution is -0.120. The molecule has 1 heterocycles. The number of anilines is 1. The van der Waals surface area contributed by atoms with Crippen molar-refractivity contribution in [1.29, 1.82) is 0 Å². The van der Waals surface area contributed by atoms with E-state index in [1.54, 1.807) is 18.2 Å². The Bertz CT molecular complexity index is 723. The van der Waals surface area contributed by atoms with E-state index in [0.717, 1.165) is 24.8 Å². The summed E-state index contributed by atoms with van der Waals surface area (Å²) in [5, 5.41) is 2.77. The summed E-state index contributed by atoms with van der Waals surface area (Å²) in [5.41, 5.74) is 1.35. The number of nitrogens with one attached hydrogen (secondary N) is 1. The molecular weight excluding hydrogens is 340 g/mol. The van der Waals surface area contributed by atoms with E-state index in [2.05, 4.69) is 5.32 Å². The first-order chi connectivity index (χ1) is 12.0. The molecule has 138 valence electrons. The standard InChI is InChI=1S/C18H26N2O4S/c1-14-5-8-16(25(22,23)20-9-3-2-4-10-20)11-17(14)19-18(21)13-24-12-15-6-7-15/h5,8,11,15H,2-4,6-7,9-10,12-13H2,1H3,(H,19,21). The van der Waals surface area contributed by atoms with Gasteiger partial charge in [-0.1, -0.05) is 12.5 Å². The number of sulfonamides is 1. The predicted molar refractivity (Wildman–Crippen MR) is 96.0 cm³/mol. The highest BCUT2D eigenvalue weighted by atomic mass is 32.2. The first-order valence-electron chi connectivity index (χ1n) is 8.95. The normalized spacial score (nSPS) is 18.9. The highest BCUT2D eigenvalue weighted by Gasteiger charge is 2.26. The number of hydrogen-bond acceptors (Lipinski definition) is 4. The molecule has 1 aromatic carbocycles. The van der Waals surface area contributed by atoms with Gasteiger partial charge in [0.1, 0.15) is 6.61 Å². The molecule has 1 saturated carbocycles. The summed E-state index contributed by atoms with van der Waals surface area (Å²) in [6, 6.07) is 4.90. The van der Waals surface area contributed by atoms with Gasteiger partial charge in [0, 0.05) is 18.8 Å². The molecule has 3 rings (SSSR count). The number of rotatable bonds is 7. The molecule has 6 nitrogen and oxygen atoms in total. The van der Waals surface area contributed by atoms with Crippen molar-refractivity contribution in [2.24, 2.45) is 5.92 Å². The Morgan fingerprint density at radius 2 is 1.96 bits per heavy atom. The van der Waals surface area contributed by atoms with Gasteiger partial charge < -0.3 is 10.1 Å². The number of carbonyl (C=O) groups excluding carboxylic acids is 1. The lowest BCUT2D eigenvalue weighted by atomic mass is 10.2. The Balaban J connectivity index is 1.67. The van der Waals surface area contributed by atoms with E-state index in [4.69, 9.17) is 4.74 Å². The van der Waals surface area contributed by atoms with Gasteiger partial charge in [-0.3, -0.25) is 4.79 Å². The number of benzene rings is 1. The van der Waals surface area contributed by atoms with Crippen LogP contribution >= 0.6 is 0 Å². The molecule has 1 aromatic rings. The Morgan fingerprint density at radius 1 is 1.24 bits per heavy atom. The highest BCUT2D eigenvalue weighted by Crippen LogP contribution is 2.29. The maximum atomic E-state index is 12.8. The molecular formula is C18H26N2O4S. The van der Waals surface area contributed by atoms with Crippen LogP contribution in [-0.2, 0) is 19.6 Å². The summed E-state index contributed by atoms with van der Waals surface area (Å²) in [6.07, 6.45) is 5.22. The lowest BCUT2D eigenvalue weighted by Crippen LogP contribution is -2.35. The van der Waals surface area contributed by atoms with Crippen LogP contribution in [0, 0.1) is 12.8 Å². The first-order valence-corrected chi connectivity index (χ1v) is 10.4. The zero-order valence-corrected chi connectivity index (χ0v) is 15.5. The number of carbonyl (C=O) groups is 1. The van der Waals surface area contributed by atoms with Crippen molar-refractivity contribution in [3.8, 4) is 0 Å². The van der Waals surface area contributed by atoms with E-state index < -0.39 is 10.0 Å².